The summed E-state index contributed by atoms with van der Waals surface area (Å²) in [6.07, 6.45) is 0.628. The first-order chi connectivity index (χ1) is 12.6. The highest BCUT2D eigenvalue weighted by Crippen LogP contribution is 2.31. The number of H-pyrrole nitrogens is 1. The van der Waals surface area contributed by atoms with Crippen molar-refractivity contribution >= 4 is 22.8 Å². The highest BCUT2D eigenvalue weighted by Gasteiger charge is 2.22. The van der Waals surface area contributed by atoms with Crippen LogP contribution in [0.2, 0.25) is 0 Å². The summed E-state index contributed by atoms with van der Waals surface area (Å²) >= 11 is 0. The molecule has 4 aromatic rings. The predicted octanol–water partition coefficient (Wildman–Crippen LogP) is 3.07. The summed E-state index contributed by atoms with van der Waals surface area (Å²) in [6, 6.07) is 9.76. The molecule has 4 rings (SSSR count). The van der Waals surface area contributed by atoms with Crippen molar-refractivity contribution in [3.05, 3.63) is 47.7 Å². The van der Waals surface area contributed by atoms with Crippen LogP contribution in [0.1, 0.15) is 29.1 Å². The molecule has 3 aromatic heterocycles. The maximum atomic E-state index is 12.6. The zero-order valence-electron chi connectivity index (χ0n) is 14.7. The Labute approximate surface area is 149 Å². The van der Waals surface area contributed by atoms with Gasteiger partial charge < -0.3 is 9.73 Å². The van der Waals surface area contributed by atoms with Gasteiger partial charge in [-0.3, -0.25) is 9.89 Å². The lowest BCUT2D eigenvalue weighted by Crippen LogP contribution is -2.13. The molecule has 0 aliphatic carbocycles. The molecule has 1 amide bonds. The molecular formula is C18H18N6O2. The first-order valence-corrected chi connectivity index (χ1v) is 8.32. The minimum atomic E-state index is -0.372. The molecule has 2 N–H and O–H groups in total. The first kappa shape index (κ1) is 16.1. The Kier molecular flexibility index (Phi) is 3.80. The van der Waals surface area contributed by atoms with Gasteiger partial charge in [0.15, 0.2) is 11.5 Å². The molecule has 0 unspecified atom stereocenters. The Morgan fingerprint density at radius 1 is 1.31 bits per heavy atom. The third-order valence-corrected chi connectivity index (χ3v) is 4.18. The first-order valence-electron chi connectivity index (χ1n) is 8.32. The normalized spacial score (nSPS) is 11.2. The van der Waals surface area contributed by atoms with E-state index in [2.05, 4.69) is 25.6 Å². The average molecular weight is 350 g/mol. The lowest BCUT2D eigenvalue weighted by Gasteiger charge is -2.02. The topological polar surface area (TPSA) is 102 Å². The number of rotatable bonds is 4. The van der Waals surface area contributed by atoms with Crippen LogP contribution in [0, 0.1) is 6.92 Å². The summed E-state index contributed by atoms with van der Waals surface area (Å²) in [5.74, 6) is 0.845. The number of nitrogens with zero attached hydrogens (tertiary/aromatic N) is 4. The molecular weight excluding hydrogens is 332 g/mol. The van der Waals surface area contributed by atoms with Crippen LogP contribution < -0.4 is 5.32 Å². The van der Waals surface area contributed by atoms with Gasteiger partial charge in [-0.1, -0.05) is 37.3 Å². The number of aryl methyl sites for hydroxylation is 3. The molecule has 0 spiro atoms. The molecule has 132 valence electrons. The average Bonchev–Trinajstić information content (AvgIpc) is 3.32. The fourth-order valence-corrected chi connectivity index (χ4v) is 2.91. The van der Waals surface area contributed by atoms with Gasteiger partial charge in [0.25, 0.3) is 5.91 Å². The fraction of sp³-hybridized carbons (Fsp3) is 0.222. The number of aromatic amines is 1. The van der Waals surface area contributed by atoms with Crippen molar-refractivity contribution < 1.29 is 9.21 Å². The second-order valence-electron chi connectivity index (χ2n) is 5.97. The standard InChI is InChI=1S/C18H18N6O2/c1-4-12-19-10(2)15(26-12)18(25)20-16-13-14(11-8-6-5-7-9-11)23-24(3)17(13)22-21-16/h5-9H,4H2,1-3H3,(H2,20,21,22,25). The zero-order chi connectivity index (χ0) is 18.3. The van der Waals surface area contributed by atoms with Gasteiger partial charge in [0.1, 0.15) is 11.5 Å². The smallest absolute Gasteiger partial charge is 0.294 e. The number of amides is 1. The summed E-state index contributed by atoms with van der Waals surface area (Å²) in [5, 5.41) is 15.3. The van der Waals surface area contributed by atoms with Crippen LogP contribution in [-0.4, -0.2) is 30.9 Å². The van der Waals surface area contributed by atoms with Gasteiger partial charge in [0.2, 0.25) is 5.76 Å². The van der Waals surface area contributed by atoms with Crippen LogP contribution in [0.15, 0.2) is 34.7 Å². The van der Waals surface area contributed by atoms with E-state index in [0.29, 0.717) is 29.5 Å². The third kappa shape index (κ3) is 2.55. The molecule has 0 saturated heterocycles. The number of fused-ring (bicyclic) bond motifs is 1. The van der Waals surface area contributed by atoms with Crippen LogP contribution >= 0.6 is 0 Å². The number of hydrogen-bond acceptors (Lipinski definition) is 5. The van der Waals surface area contributed by atoms with Crippen molar-refractivity contribution in [2.45, 2.75) is 20.3 Å². The van der Waals surface area contributed by atoms with Crippen molar-refractivity contribution in [1.29, 1.82) is 0 Å². The Bertz CT molecular complexity index is 1090. The van der Waals surface area contributed by atoms with E-state index in [4.69, 9.17) is 4.42 Å². The predicted molar refractivity (Wildman–Crippen MR) is 96.9 cm³/mol. The van der Waals surface area contributed by atoms with Crippen LogP contribution in [0.25, 0.3) is 22.3 Å². The molecule has 0 radical (unpaired) electrons. The molecule has 0 fully saturated rings. The van der Waals surface area contributed by atoms with E-state index >= 15 is 0 Å². The summed E-state index contributed by atoms with van der Waals surface area (Å²) in [6.45, 7) is 3.67. The van der Waals surface area contributed by atoms with Crippen molar-refractivity contribution in [3.63, 3.8) is 0 Å². The Hall–Kier alpha value is -3.42. The molecule has 0 bridgehead atoms. The minimum absolute atomic E-state index is 0.203. The fourth-order valence-electron chi connectivity index (χ4n) is 2.91. The number of carbonyl (C=O) groups is 1. The molecule has 0 saturated carbocycles. The van der Waals surface area contributed by atoms with Gasteiger partial charge in [-0.15, -0.1) is 0 Å². The van der Waals surface area contributed by atoms with E-state index in [9.17, 15) is 4.79 Å². The van der Waals surface area contributed by atoms with Gasteiger partial charge in [0.05, 0.1) is 11.1 Å². The monoisotopic (exact) mass is 350 g/mol. The Morgan fingerprint density at radius 2 is 2.08 bits per heavy atom. The van der Waals surface area contributed by atoms with Crippen LogP contribution in [0.4, 0.5) is 5.82 Å². The van der Waals surface area contributed by atoms with Gasteiger partial charge in [-0.2, -0.15) is 10.2 Å². The van der Waals surface area contributed by atoms with Gasteiger partial charge in [-0.25, -0.2) is 9.67 Å². The van der Waals surface area contributed by atoms with Crippen molar-refractivity contribution in [3.8, 4) is 11.3 Å². The van der Waals surface area contributed by atoms with Gasteiger partial charge in [0, 0.05) is 19.0 Å². The van der Waals surface area contributed by atoms with Crippen LogP contribution in [-0.2, 0) is 13.5 Å². The number of nitrogens with one attached hydrogen (secondary N) is 2. The number of carbonyl (C=O) groups excluding carboxylic acids is 1. The summed E-state index contributed by atoms with van der Waals surface area (Å²) in [7, 11) is 1.81. The highest BCUT2D eigenvalue weighted by atomic mass is 16.4. The lowest BCUT2D eigenvalue weighted by atomic mass is 10.1. The highest BCUT2D eigenvalue weighted by molar-refractivity contribution is 6.09. The molecule has 0 atom stereocenters. The van der Waals surface area contributed by atoms with Crippen LogP contribution in [0.5, 0.6) is 0 Å². The molecule has 26 heavy (non-hydrogen) atoms. The Balaban J connectivity index is 1.75. The molecule has 8 nitrogen and oxygen atoms in total. The number of aromatic nitrogens is 5. The number of oxazole rings is 1. The van der Waals surface area contributed by atoms with Gasteiger partial charge in [-0.05, 0) is 6.92 Å². The molecule has 0 aliphatic rings. The molecule has 1 aromatic carbocycles. The Morgan fingerprint density at radius 3 is 2.77 bits per heavy atom. The van der Waals surface area contributed by atoms with Gasteiger partial charge >= 0.3 is 0 Å². The number of hydrogen-bond donors (Lipinski definition) is 2. The van der Waals surface area contributed by atoms with E-state index in [-0.39, 0.29) is 11.7 Å². The largest absolute Gasteiger partial charge is 0.435 e. The molecule has 3 heterocycles. The zero-order valence-corrected chi connectivity index (χ0v) is 14.7. The minimum Gasteiger partial charge on any atom is -0.435 e. The second-order valence-corrected chi connectivity index (χ2v) is 5.97. The summed E-state index contributed by atoms with van der Waals surface area (Å²) < 4.78 is 7.21. The number of benzene rings is 1. The van der Waals surface area contributed by atoms with E-state index in [1.165, 1.54) is 0 Å². The second kappa shape index (κ2) is 6.14. The molecule has 8 heteroatoms. The van der Waals surface area contributed by atoms with E-state index < -0.39 is 0 Å². The SMILES string of the molecule is CCc1nc(C)c(C(=O)Nc2[nH]nc3c2c(-c2ccccc2)nn3C)o1. The maximum absolute atomic E-state index is 12.6. The van der Waals surface area contributed by atoms with Crippen molar-refractivity contribution in [1.82, 2.24) is 25.0 Å². The maximum Gasteiger partial charge on any atom is 0.294 e. The van der Waals surface area contributed by atoms with Crippen molar-refractivity contribution in [2.75, 3.05) is 5.32 Å². The van der Waals surface area contributed by atoms with E-state index in [1.54, 1.807) is 11.6 Å². The number of anilines is 1. The van der Waals surface area contributed by atoms with E-state index in [1.807, 2.05) is 44.3 Å². The molecule has 0 aliphatic heterocycles. The third-order valence-electron chi connectivity index (χ3n) is 4.18. The van der Waals surface area contributed by atoms with E-state index in [0.717, 1.165) is 16.6 Å². The van der Waals surface area contributed by atoms with Crippen LogP contribution in [0.3, 0.4) is 0 Å². The van der Waals surface area contributed by atoms with Crippen molar-refractivity contribution in [2.24, 2.45) is 7.05 Å². The quantitative estimate of drug-likeness (QED) is 0.589. The summed E-state index contributed by atoms with van der Waals surface area (Å²) in [5.41, 5.74) is 2.90. The lowest BCUT2D eigenvalue weighted by molar-refractivity contribution is 0.0994. The summed E-state index contributed by atoms with van der Waals surface area (Å²) in [4.78, 5) is 16.9.